The predicted octanol–water partition coefficient (Wildman–Crippen LogP) is 4.53. The first-order valence-corrected chi connectivity index (χ1v) is 12.7. The van der Waals surface area contributed by atoms with Crippen molar-refractivity contribution < 1.29 is 23.9 Å². The Morgan fingerprint density at radius 3 is 2.41 bits per heavy atom. The maximum Gasteiger partial charge on any atom is 0.344 e. The van der Waals surface area contributed by atoms with Crippen molar-refractivity contribution in [2.75, 3.05) is 44.0 Å². The molecule has 0 radical (unpaired) electrons. The zero-order valence-corrected chi connectivity index (χ0v) is 22.7. The predicted molar refractivity (Wildman–Crippen MR) is 149 cm³/mol. The number of hydrogen-bond acceptors (Lipinski definition) is 8. The molecule has 0 saturated heterocycles. The van der Waals surface area contributed by atoms with Gasteiger partial charge in [-0.05, 0) is 37.3 Å². The molecule has 3 aromatic rings. The second-order valence-electron chi connectivity index (χ2n) is 8.39. The summed E-state index contributed by atoms with van der Waals surface area (Å²) >= 11 is 12.2. The minimum atomic E-state index is -0.624. The number of ether oxygens (including phenoxy) is 2. The minimum Gasteiger partial charge on any atom is -0.480 e. The molecule has 0 unspecified atom stereocenters. The molecule has 0 spiro atoms. The highest BCUT2D eigenvalue weighted by Crippen LogP contribution is 2.34. The van der Waals surface area contributed by atoms with E-state index >= 15 is 0 Å². The zero-order chi connectivity index (χ0) is 27.9. The van der Waals surface area contributed by atoms with Gasteiger partial charge in [0, 0.05) is 42.0 Å². The van der Waals surface area contributed by atoms with Crippen LogP contribution in [0.2, 0.25) is 10.0 Å². The molecule has 202 valence electrons. The van der Waals surface area contributed by atoms with E-state index in [9.17, 15) is 14.4 Å². The van der Waals surface area contributed by atoms with Crippen LogP contribution in [0.3, 0.4) is 0 Å². The van der Waals surface area contributed by atoms with Gasteiger partial charge < -0.3 is 25.0 Å². The fourth-order valence-electron chi connectivity index (χ4n) is 3.78. The fourth-order valence-corrected chi connectivity index (χ4v) is 4.10. The monoisotopic (exact) mass is 569 g/mol. The Morgan fingerprint density at radius 2 is 1.77 bits per heavy atom. The number of likely N-dealkylation sites (N-methyl/N-ethyl adjacent to an activating group) is 1. The first-order valence-electron chi connectivity index (χ1n) is 12.0. The first kappa shape index (κ1) is 27.9. The number of anilines is 2. The fraction of sp³-hybridized carbons (Fsp3) is 0.222. The van der Waals surface area contributed by atoms with E-state index in [0.717, 1.165) is 24.5 Å². The van der Waals surface area contributed by atoms with Crippen LogP contribution in [-0.2, 0) is 9.53 Å². The van der Waals surface area contributed by atoms with Crippen LogP contribution < -0.4 is 15.4 Å². The molecule has 2 heterocycles. The summed E-state index contributed by atoms with van der Waals surface area (Å²) in [5.41, 5.74) is 1.22. The Bertz CT molecular complexity index is 1410. The van der Waals surface area contributed by atoms with E-state index in [1.807, 2.05) is 11.9 Å². The van der Waals surface area contributed by atoms with Gasteiger partial charge in [-0.25, -0.2) is 9.78 Å². The SMILES string of the molecule is CCOC(=O)COc1cc(Cl)cc(C(=O)Nc2ccc(Cl)cn2)c1NC(=O)c1ccc(C2=NCCN2C)cc1. The molecular weight excluding hydrogens is 545 g/mol. The maximum atomic E-state index is 13.3. The number of hydrogen-bond donors (Lipinski definition) is 2. The molecule has 0 fully saturated rings. The summed E-state index contributed by atoms with van der Waals surface area (Å²) in [6.45, 7) is 2.93. The standard InChI is InChI=1S/C27H25Cl2N5O5/c1-3-38-23(35)15-39-21-13-19(29)12-20(27(37)32-22-9-8-18(28)14-31-22)24(21)33-26(36)17-6-4-16(5-7-17)25-30-10-11-34(25)2/h4-9,12-14H,3,10-11,15H2,1-2H3,(H,33,36)(H,31,32,37). The summed E-state index contributed by atoms with van der Waals surface area (Å²) in [4.78, 5) is 49.0. The highest BCUT2D eigenvalue weighted by atomic mass is 35.5. The van der Waals surface area contributed by atoms with Gasteiger partial charge in [0.2, 0.25) is 0 Å². The Morgan fingerprint density at radius 1 is 1.00 bits per heavy atom. The second-order valence-corrected chi connectivity index (χ2v) is 9.27. The van der Waals surface area contributed by atoms with Crippen molar-refractivity contribution in [1.82, 2.24) is 9.88 Å². The minimum absolute atomic E-state index is 0.00925. The van der Waals surface area contributed by atoms with Gasteiger partial charge in [-0.1, -0.05) is 35.3 Å². The van der Waals surface area contributed by atoms with Gasteiger partial charge in [0.1, 0.15) is 17.4 Å². The third-order valence-electron chi connectivity index (χ3n) is 5.63. The lowest BCUT2D eigenvalue weighted by Gasteiger charge is -2.17. The number of aliphatic imine (C=N–C) groups is 1. The highest BCUT2D eigenvalue weighted by Gasteiger charge is 2.22. The maximum absolute atomic E-state index is 13.3. The van der Waals surface area contributed by atoms with Crippen LogP contribution in [0.1, 0.15) is 33.2 Å². The summed E-state index contributed by atoms with van der Waals surface area (Å²) < 4.78 is 10.5. The average Bonchev–Trinajstić information content (AvgIpc) is 3.35. The molecule has 10 nitrogen and oxygen atoms in total. The van der Waals surface area contributed by atoms with Gasteiger partial charge in [0.15, 0.2) is 6.61 Å². The summed E-state index contributed by atoms with van der Waals surface area (Å²) in [7, 11) is 1.96. The van der Waals surface area contributed by atoms with E-state index in [2.05, 4.69) is 20.6 Å². The summed E-state index contributed by atoms with van der Waals surface area (Å²) in [5.74, 6) is -0.667. The molecule has 0 bridgehead atoms. The molecule has 12 heteroatoms. The summed E-state index contributed by atoms with van der Waals surface area (Å²) in [5, 5.41) is 5.92. The normalized spacial score (nSPS) is 12.5. The Balaban J connectivity index is 1.63. The van der Waals surface area contributed by atoms with Gasteiger partial charge in [-0.15, -0.1) is 0 Å². The van der Waals surface area contributed by atoms with Crippen LogP contribution in [0.25, 0.3) is 0 Å². The van der Waals surface area contributed by atoms with Crippen LogP contribution >= 0.6 is 23.2 Å². The zero-order valence-electron chi connectivity index (χ0n) is 21.2. The Hall–Kier alpha value is -4.15. The number of benzene rings is 2. The van der Waals surface area contributed by atoms with Crippen molar-refractivity contribution in [3.05, 3.63) is 81.5 Å². The van der Waals surface area contributed by atoms with Crippen molar-refractivity contribution in [1.29, 1.82) is 0 Å². The number of esters is 1. The molecule has 39 heavy (non-hydrogen) atoms. The van der Waals surface area contributed by atoms with Crippen molar-refractivity contribution in [3.8, 4) is 5.75 Å². The second kappa shape index (κ2) is 12.6. The number of nitrogens with one attached hydrogen (secondary N) is 2. The number of pyridine rings is 1. The molecule has 0 aliphatic carbocycles. The topological polar surface area (TPSA) is 122 Å². The third-order valence-corrected chi connectivity index (χ3v) is 6.08. The number of nitrogens with zero attached hydrogens (tertiary/aromatic N) is 3. The lowest BCUT2D eigenvalue weighted by molar-refractivity contribution is -0.145. The largest absolute Gasteiger partial charge is 0.480 e. The number of rotatable bonds is 9. The van der Waals surface area contributed by atoms with E-state index in [0.29, 0.717) is 10.6 Å². The molecule has 2 N–H and O–H groups in total. The van der Waals surface area contributed by atoms with Gasteiger partial charge in [-0.3, -0.25) is 14.6 Å². The molecular formula is C27H25Cl2N5O5. The molecule has 1 aliphatic rings. The molecule has 0 atom stereocenters. The van der Waals surface area contributed by atoms with Crippen molar-refractivity contribution in [3.63, 3.8) is 0 Å². The number of amides is 2. The van der Waals surface area contributed by atoms with Crippen LogP contribution in [0.4, 0.5) is 11.5 Å². The van der Waals surface area contributed by atoms with Crippen LogP contribution in [0.15, 0.2) is 59.7 Å². The van der Waals surface area contributed by atoms with Gasteiger partial charge in [-0.2, -0.15) is 0 Å². The quantitative estimate of drug-likeness (QED) is 0.363. The average molecular weight is 570 g/mol. The van der Waals surface area contributed by atoms with Crippen molar-refractivity contribution in [2.45, 2.75) is 6.92 Å². The van der Waals surface area contributed by atoms with E-state index in [4.69, 9.17) is 32.7 Å². The van der Waals surface area contributed by atoms with Gasteiger partial charge in [0.05, 0.1) is 29.4 Å². The number of carbonyl (C=O) groups is 3. The number of halogens is 2. The number of amidine groups is 1. The highest BCUT2D eigenvalue weighted by molar-refractivity contribution is 6.32. The molecule has 2 aromatic carbocycles. The molecule has 1 aromatic heterocycles. The lowest BCUT2D eigenvalue weighted by atomic mass is 10.1. The van der Waals surface area contributed by atoms with Gasteiger partial charge in [0.25, 0.3) is 11.8 Å². The summed E-state index contributed by atoms with van der Waals surface area (Å²) in [6, 6.07) is 12.8. The molecule has 4 rings (SSSR count). The van der Waals surface area contributed by atoms with Crippen LogP contribution in [0.5, 0.6) is 5.75 Å². The van der Waals surface area contributed by atoms with Gasteiger partial charge >= 0.3 is 5.97 Å². The first-order chi connectivity index (χ1) is 18.7. The third kappa shape index (κ3) is 7.04. The lowest BCUT2D eigenvalue weighted by Crippen LogP contribution is -2.23. The van der Waals surface area contributed by atoms with E-state index in [-0.39, 0.29) is 34.4 Å². The Labute approximate surface area is 234 Å². The Kier molecular flexibility index (Phi) is 9.00. The molecule has 1 aliphatic heterocycles. The van der Waals surface area contributed by atoms with E-state index < -0.39 is 24.4 Å². The smallest absolute Gasteiger partial charge is 0.344 e. The van der Waals surface area contributed by atoms with Crippen LogP contribution in [0, 0.1) is 0 Å². The van der Waals surface area contributed by atoms with E-state index in [1.165, 1.54) is 24.4 Å². The number of aromatic nitrogens is 1. The van der Waals surface area contributed by atoms with Crippen molar-refractivity contribution >= 4 is 58.3 Å². The number of carbonyl (C=O) groups excluding carboxylic acids is 3. The van der Waals surface area contributed by atoms with Crippen molar-refractivity contribution in [2.24, 2.45) is 4.99 Å². The van der Waals surface area contributed by atoms with E-state index in [1.54, 1.807) is 37.3 Å². The summed E-state index contributed by atoms with van der Waals surface area (Å²) in [6.07, 6.45) is 1.38. The van der Waals surface area contributed by atoms with Crippen LogP contribution in [-0.4, -0.2) is 66.9 Å². The molecule has 0 saturated carbocycles. The molecule has 2 amide bonds.